The van der Waals surface area contributed by atoms with E-state index in [-0.39, 0.29) is 0 Å². The molecular formula is C15H23N3O3. The fraction of sp³-hybridized carbons (Fsp3) is 0.733. The van der Waals surface area contributed by atoms with Crippen molar-refractivity contribution in [2.45, 2.75) is 32.4 Å². The second-order valence-electron chi connectivity index (χ2n) is 5.95. The first kappa shape index (κ1) is 14.5. The van der Waals surface area contributed by atoms with E-state index in [0.29, 0.717) is 18.4 Å². The Bertz CT molecular complexity index is 484. The summed E-state index contributed by atoms with van der Waals surface area (Å²) in [6.07, 6.45) is 3.20. The molecule has 1 aromatic heterocycles. The summed E-state index contributed by atoms with van der Waals surface area (Å²) in [7, 11) is 1.64. The molecule has 2 heterocycles. The van der Waals surface area contributed by atoms with Gasteiger partial charge in [0.05, 0.1) is 5.69 Å². The van der Waals surface area contributed by atoms with Crippen molar-refractivity contribution in [2.75, 3.05) is 33.3 Å². The molecule has 0 atom stereocenters. The molecule has 0 aromatic carbocycles. The topological polar surface area (TPSA) is 58.8 Å². The molecule has 6 heteroatoms. The first-order chi connectivity index (χ1) is 10.3. The number of nitrogens with zero attached hydrogens (tertiary/aromatic N) is 3. The standard InChI is InChI=1S/C15H23N3O3/c1-20-11-14-9-13(16-21-14)10-17-5-2-6-18(8-7-17)15(19)12-3-4-12/h9,12H,2-8,10-11H2,1H3. The van der Waals surface area contributed by atoms with Crippen LogP contribution in [0.15, 0.2) is 10.6 Å². The molecule has 1 saturated heterocycles. The van der Waals surface area contributed by atoms with E-state index in [9.17, 15) is 4.79 Å². The summed E-state index contributed by atoms with van der Waals surface area (Å²) >= 11 is 0. The van der Waals surface area contributed by atoms with Gasteiger partial charge in [0, 0.05) is 51.8 Å². The fourth-order valence-electron chi connectivity index (χ4n) is 2.81. The normalized spacial score (nSPS) is 20.5. The summed E-state index contributed by atoms with van der Waals surface area (Å²) in [6, 6.07) is 1.95. The maximum absolute atomic E-state index is 12.1. The number of amides is 1. The van der Waals surface area contributed by atoms with Crippen molar-refractivity contribution >= 4 is 5.91 Å². The predicted octanol–water partition coefficient (Wildman–Crippen LogP) is 1.27. The molecule has 0 N–H and O–H groups in total. The van der Waals surface area contributed by atoms with E-state index in [4.69, 9.17) is 9.26 Å². The van der Waals surface area contributed by atoms with Gasteiger partial charge in [0.1, 0.15) is 6.61 Å². The van der Waals surface area contributed by atoms with Crippen molar-refractivity contribution in [1.82, 2.24) is 15.0 Å². The molecule has 1 amide bonds. The molecule has 21 heavy (non-hydrogen) atoms. The van der Waals surface area contributed by atoms with Crippen LogP contribution in [0.3, 0.4) is 0 Å². The predicted molar refractivity (Wildman–Crippen MR) is 76.4 cm³/mol. The molecule has 0 bridgehead atoms. The summed E-state index contributed by atoms with van der Waals surface area (Å²) < 4.78 is 10.2. The van der Waals surface area contributed by atoms with Gasteiger partial charge in [0.15, 0.2) is 5.76 Å². The number of carbonyl (C=O) groups excluding carboxylic acids is 1. The quantitative estimate of drug-likeness (QED) is 0.818. The third-order valence-corrected chi connectivity index (χ3v) is 4.11. The van der Waals surface area contributed by atoms with E-state index >= 15 is 0 Å². The third kappa shape index (κ3) is 3.83. The summed E-state index contributed by atoms with van der Waals surface area (Å²) in [4.78, 5) is 16.5. The molecule has 0 unspecified atom stereocenters. The van der Waals surface area contributed by atoms with Crippen LogP contribution >= 0.6 is 0 Å². The molecular weight excluding hydrogens is 270 g/mol. The number of methoxy groups -OCH3 is 1. The SMILES string of the molecule is COCc1cc(CN2CCCN(C(=O)C3CC3)CC2)no1. The maximum Gasteiger partial charge on any atom is 0.225 e. The summed E-state index contributed by atoms with van der Waals surface area (Å²) in [5.74, 6) is 1.44. The van der Waals surface area contributed by atoms with Crippen molar-refractivity contribution in [3.8, 4) is 0 Å². The van der Waals surface area contributed by atoms with Crippen LogP contribution in [0.5, 0.6) is 0 Å². The van der Waals surface area contributed by atoms with Crippen molar-refractivity contribution in [3.63, 3.8) is 0 Å². The van der Waals surface area contributed by atoms with Gasteiger partial charge in [-0.15, -0.1) is 0 Å². The number of rotatable bonds is 5. The minimum Gasteiger partial charge on any atom is -0.377 e. The minimum atomic E-state index is 0.323. The molecule has 116 valence electrons. The average Bonchev–Trinajstić information content (AvgIpc) is 3.26. The highest BCUT2D eigenvalue weighted by Crippen LogP contribution is 2.31. The molecule has 1 aromatic rings. The van der Waals surface area contributed by atoms with Crippen molar-refractivity contribution in [3.05, 3.63) is 17.5 Å². The summed E-state index contributed by atoms with van der Waals surface area (Å²) in [6.45, 7) is 4.86. The Morgan fingerprint density at radius 2 is 2.24 bits per heavy atom. The Balaban J connectivity index is 1.50. The van der Waals surface area contributed by atoms with Crippen LogP contribution in [0, 0.1) is 5.92 Å². The number of ether oxygens (including phenoxy) is 1. The zero-order chi connectivity index (χ0) is 14.7. The van der Waals surface area contributed by atoms with Gasteiger partial charge in [-0.2, -0.15) is 0 Å². The van der Waals surface area contributed by atoms with Crippen molar-refractivity contribution < 1.29 is 14.1 Å². The van der Waals surface area contributed by atoms with Crippen molar-refractivity contribution in [1.29, 1.82) is 0 Å². The Morgan fingerprint density at radius 1 is 1.38 bits per heavy atom. The highest BCUT2D eigenvalue weighted by Gasteiger charge is 2.33. The summed E-state index contributed by atoms with van der Waals surface area (Å²) in [5.41, 5.74) is 0.934. The Morgan fingerprint density at radius 3 is 3.00 bits per heavy atom. The molecule has 1 aliphatic carbocycles. The van der Waals surface area contributed by atoms with Gasteiger partial charge in [-0.05, 0) is 19.3 Å². The largest absolute Gasteiger partial charge is 0.377 e. The minimum absolute atomic E-state index is 0.323. The number of aromatic nitrogens is 1. The number of carbonyl (C=O) groups is 1. The molecule has 1 aliphatic heterocycles. The van der Waals surface area contributed by atoms with Crippen LogP contribution in [0.4, 0.5) is 0 Å². The molecule has 2 aliphatic rings. The summed E-state index contributed by atoms with van der Waals surface area (Å²) in [5, 5.41) is 4.07. The first-order valence-electron chi connectivity index (χ1n) is 7.71. The lowest BCUT2D eigenvalue weighted by Crippen LogP contribution is -2.36. The van der Waals surface area contributed by atoms with Crippen LogP contribution in [0.25, 0.3) is 0 Å². The lowest BCUT2D eigenvalue weighted by atomic mass is 10.3. The lowest BCUT2D eigenvalue weighted by molar-refractivity contribution is -0.132. The van der Waals surface area contributed by atoms with Gasteiger partial charge < -0.3 is 14.2 Å². The van der Waals surface area contributed by atoms with Crippen molar-refractivity contribution in [2.24, 2.45) is 5.92 Å². The van der Waals surface area contributed by atoms with Gasteiger partial charge in [-0.3, -0.25) is 9.69 Å². The van der Waals surface area contributed by atoms with Gasteiger partial charge >= 0.3 is 0 Å². The van der Waals surface area contributed by atoms with E-state index in [1.165, 1.54) is 0 Å². The lowest BCUT2D eigenvalue weighted by Gasteiger charge is -2.21. The second kappa shape index (κ2) is 6.58. The molecule has 0 radical (unpaired) electrons. The second-order valence-corrected chi connectivity index (χ2v) is 5.95. The van der Waals surface area contributed by atoms with E-state index in [1.807, 2.05) is 11.0 Å². The van der Waals surface area contributed by atoms with Crippen LogP contribution in [0.1, 0.15) is 30.7 Å². The van der Waals surface area contributed by atoms with Crippen LogP contribution in [-0.4, -0.2) is 54.2 Å². The highest BCUT2D eigenvalue weighted by molar-refractivity contribution is 5.81. The highest BCUT2D eigenvalue weighted by atomic mass is 16.5. The Labute approximate surface area is 125 Å². The average molecular weight is 293 g/mol. The zero-order valence-electron chi connectivity index (χ0n) is 12.6. The monoisotopic (exact) mass is 293 g/mol. The fourth-order valence-corrected chi connectivity index (χ4v) is 2.81. The van der Waals surface area contributed by atoms with E-state index in [2.05, 4.69) is 10.1 Å². The van der Waals surface area contributed by atoms with Gasteiger partial charge in [-0.25, -0.2) is 0 Å². The molecule has 3 rings (SSSR count). The molecule has 0 spiro atoms. The number of hydrogen-bond acceptors (Lipinski definition) is 5. The van der Waals surface area contributed by atoms with Gasteiger partial charge in [-0.1, -0.05) is 5.16 Å². The maximum atomic E-state index is 12.1. The Hall–Kier alpha value is -1.40. The Kier molecular flexibility index (Phi) is 4.55. The smallest absolute Gasteiger partial charge is 0.225 e. The van der Waals surface area contributed by atoms with E-state index in [1.54, 1.807) is 7.11 Å². The first-order valence-corrected chi connectivity index (χ1v) is 7.71. The van der Waals surface area contributed by atoms with Crippen LogP contribution in [-0.2, 0) is 22.7 Å². The van der Waals surface area contributed by atoms with Crippen LogP contribution < -0.4 is 0 Å². The van der Waals surface area contributed by atoms with Crippen LogP contribution in [0.2, 0.25) is 0 Å². The third-order valence-electron chi connectivity index (χ3n) is 4.11. The molecule has 6 nitrogen and oxygen atoms in total. The van der Waals surface area contributed by atoms with E-state index < -0.39 is 0 Å². The van der Waals surface area contributed by atoms with E-state index in [0.717, 1.165) is 63.4 Å². The zero-order valence-corrected chi connectivity index (χ0v) is 12.6. The van der Waals surface area contributed by atoms with Gasteiger partial charge in [0.2, 0.25) is 5.91 Å². The van der Waals surface area contributed by atoms with Gasteiger partial charge in [0.25, 0.3) is 0 Å². The number of hydrogen-bond donors (Lipinski definition) is 0. The molecule has 2 fully saturated rings. The molecule has 1 saturated carbocycles.